The average Bonchev–Trinajstić information content (AvgIpc) is 2.88. The molecule has 1 N–H and O–H groups in total. The quantitative estimate of drug-likeness (QED) is 0.290. The summed E-state index contributed by atoms with van der Waals surface area (Å²) in [7, 11) is 1.94. The molecule has 1 atom stereocenters. The molecule has 1 aromatic rings. The molecule has 0 radical (unpaired) electrons. The number of nitrogens with zero attached hydrogens (tertiary/aromatic N) is 1. The molecular formula is C34H52F2N2. The van der Waals surface area contributed by atoms with Crippen LogP contribution in [0.4, 0.5) is 8.78 Å². The summed E-state index contributed by atoms with van der Waals surface area (Å²) in [4.78, 5) is 4.70. The Kier molecular flexibility index (Phi) is 15.2. The zero-order valence-corrected chi connectivity index (χ0v) is 25.2. The molecule has 38 heavy (non-hydrogen) atoms. The number of hydrogen-bond acceptors (Lipinski definition) is 2. The third-order valence-electron chi connectivity index (χ3n) is 7.10. The fourth-order valence-electron chi connectivity index (χ4n) is 4.26. The lowest BCUT2D eigenvalue weighted by molar-refractivity contribution is -0.0460. The Bertz CT molecular complexity index is 972. The number of hydrogen-bond donors (Lipinski definition) is 1. The van der Waals surface area contributed by atoms with E-state index in [1.165, 1.54) is 11.1 Å². The summed E-state index contributed by atoms with van der Waals surface area (Å²) in [5, 5.41) is 3.23. The van der Waals surface area contributed by atoms with Gasteiger partial charge in [0.15, 0.2) is 0 Å². The van der Waals surface area contributed by atoms with Gasteiger partial charge in [0.2, 0.25) is 5.92 Å². The van der Waals surface area contributed by atoms with Gasteiger partial charge < -0.3 is 5.32 Å². The number of allylic oxidation sites excluding steroid dienone is 6. The van der Waals surface area contributed by atoms with E-state index in [-0.39, 0.29) is 12.8 Å². The zero-order chi connectivity index (χ0) is 28.7. The van der Waals surface area contributed by atoms with Gasteiger partial charge in [-0.2, -0.15) is 0 Å². The van der Waals surface area contributed by atoms with Crippen LogP contribution in [0.2, 0.25) is 0 Å². The molecule has 2 nitrogen and oxygen atoms in total. The number of halogens is 2. The maximum Gasteiger partial charge on any atom is 0.248 e. The van der Waals surface area contributed by atoms with E-state index in [1.807, 2.05) is 13.2 Å². The smallest absolute Gasteiger partial charge is 0.248 e. The van der Waals surface area contributed by atoms with Crippen LogP contribution >= 0.6 is 0 Å². The van der Waals surface area contributed by atoms with Crippen molar-refractivity contribution in [1.29, 1.82) is 0 Å². The first-order valence-electron chi connectivity index (χ1n) is 14.5. The van der Waals surface area contributed by atoms with Crippen molar-refractivity contribution in [2.75, 3.05) is 7.05 Å². The Morgan fingerprint density at radius 2 is 1.82 bits per heavy atom. The van der Waals surface area contributed by atoms with Gasteiger partial charge in [-0.25, -0.2) is 8.78 Å². The first-order valence-corrected chi connectivity index (χ1v) is 14.5. The van der Waals surface area contributed by atoms with Crippen molar-refractivity contribution in [3.8, 4) is 0 Å². The number of alkyl halides is 2. The van der Waals surface area contributed by atoms with E-state index in [9.17, 15) is 8.78 Å². The second-order valence-corrected chi connectivity index (χ2v) is 10.9. The van der Waals surface area contributed by atoms with Crippen LogP contribution in [0.25, 0.3) is 11.6 Å². The second kappa shape index (κ2) is 17.2. The molecule has 212 valence electrons. The van der Waals surface area contributed by atoms with E-state index < -0.39 is 5.92 Å². The van der Waals surface area contributed by atoms with Crippen LogP contribution in [0.3, 0.4) is 0 Å². The Morgan fingerprint density at radius 1 is 1.16 bits per heavy atom. The highest BCUT2D eigenvalue weighted by molar-refractivity contribution is 5.75. The van der Waals surface area contributed by atoms with E-state index in [1.54, 1.807) is 0 Å². The number of aryl methyl sites for hydroxylation is 1. The van der Waals surface area contributed by atoms with Gasteiger partial charge in [-0.1, -0.05) is 91.3 Å². The van der Waals surface area contributed by atoms with Crippen LogP contribution in [0.5, 0.6) is 0 Å². The fourth-order valence-corrected chi connectivity index (χ4v) is 4.26. The number of pyridine rings is 1. The molecule has 0 aliphatic heterocycles. The number of aromatic nitrogens is 1. The average molecular weight is 527 g/mol. The van der Waals surface area contributed by atoms with E-state index in [0.717, 1.165) is 54.6 Å². The van der Waals surface area contributed by atoms with Crippen molar-refractivity contribution in [3.05, 3.63) is 77.3 Å². The van der Waals surface area contributed by atoms with Crippen LogP contribution in [0.15, 0.2) is 60.5 Å². The maximum absolute atomic E-state index is 12.5. The first kappa shape index (κ1) is 33.5. The Morgan fingerprint density at radius 3 is 2.32 bits per heavy atom. The van der Waals surface area contributed by atoms with Gasteiger partial charge in [0.1, 0.15) is 0 Å². The predicted molar refractivity (Wildman–Crippen MR) is 163 cm³/mol. The standard InChI is InChI=1S/C26H38N2.C8H14F2/c1-9-11-25(27-8)21(6)13-14-23(16-20(5)10-2)24-17-22(7)26(28-18-24)15-12-19(3)4;1-2-7-3-5-8(9,10)6-4-7/h11-20,27H,6,9-10H2,1-5,7-8H3;7H,2-6H2,1H3/b14-13-,15-12-,23-16+,25-11?;. The van der Waals surface area contributed by atoms with Crippen LogP contribution in [-0.2, 0) is 0 Å². The maximum atomic E-state index is 12.5. The summed E-state index contributed by atoms with van der Waals surface area (Å²) in [5.74, 6) is -0.748. The molecule has 4 heteroatoms. The van der Waals surface area contributed by atoms with Crippen molar-refractivity contribution in [2.24, 2.45) is 17.8 Å². The molecule has 0 bridgehead atoms. The van der Waals surface area contributed by atoms with Gasteiger partial charge in [-0.05, 0) is 78.4 Å². The molecule has 1 unspecified atom stereocenters. The third kappa shape index (κ3) is 12.4. The van der Waals surface area contributed by atoms with Crippen LogP contribution in [-0.4, -0.2) is 18.0 Å². The van der Waals surface area contributed by atoms with E-state index in [0.29, 0.717) is 17.8 Å². The molecule has 0 amide bonds. The lowest BCUT2D eigenvalue weighted by atomic mass is 9.85. The van der Waals surface area contributed by atoms with Gasteiger partial charge in [-0.15, -0.1) is 0 Å². The van der Waals surface area contributed by atoms with Crippen LogP contribution in [0.1, 0.15) is 103 Å². The molecule has 0 spiro atoms. The fraction of sp³-hybridized carbons (Fsp3) is 0.559. The van der Waals surface area contributed by atoms with E-state index >= 15 is 0 Å². The summed E-state index contributed by atoms with van der Waals surface area (Å²) < 4.78 is 25.0. The zero-order valence-electron chi connectivity index (χ0n) is 25.2. The van der Waals surface area contributed by atoms with Crippen LogP contribution in [0, 0.1) is 24.7 Å². The van der Waals surface area contributed by atoms with E-state index in [4.69, 9.17) is 4.98 Å². The van der Waals surface area contributed by atoms with Gasteiger partial charge in [0.25, 0.3) is 0 Å². The molecule has 1 heterocycles. The molecule has 1 aromatic heterocycles. The number of rotatable bonds is 11. The Hall–Kier alpha value is -2.49. The van der Waals surface area contributed by atoms with Gasteiger partial charge in [-0.3, -0.25) is 4.98 Å². The molecular weight excluding hydrogens is 474 g/mol. The second-order valence-electron chi connectivity index (χ2n) is 10.9. The summed E-state index contributed by atoms with van der Waals surface area (Å²) >= 11 is 0. The van der Waals surface area contributed by atoms with Crippen molar-refractivity contribution in [1.82, 2.24) is 10.3 Å². The van der Waals surface area contributed by atoms with Crippen molar-refractivity contribution in [2.45, 2.75) is 99.3 Å². The first-order chi connectivity index (χ1) is 18.0. The molecule has 0 aromatic carbocycles. The van der Waals surface area contributed by atoms with Crippen LogP contribution < -0.4 is 5.32 Å². The number of nitrogens with one attached hydrogen (secondary N) is 1. The van der Waals surface area contributed by atoms with Gasteiger partial charge in [0, 0.05) is 31.8 Å². The third-order valence-corrected chi connectivity index (χ3v) is 7.10. The van der Waals surface area contributed by atoms with Crippen molar-refractivity contribution in [3.63, 3.8) is 0 Å². The number of likely N-dealkylation sites (N-methyl/N-ethyl adjacent to an activating group) is 1. The summed E-state index contributed by atoms with van der Waals surface area (Å²) in [6.45, 7) is 19.4. The summed E-state index contributed by atoms with van der Waals surface area (Å²) in [5.41, 5.74) is 6.63. The molecule has 2 rings (SSSR count). The summed E-state index contributed by atoms with van der Waals surface area (Å²) in [6, 6.07) is 2.23. The Balaban J connectivity index is 0.000000600. The largest absolute Gasteiger partial charge is 0.388 e. The predicted octanol–water partition coefficient (Wildman–Crippen LogP) is 10.3. The van der Waals surface area contributed by atoms with Gasteiger partial charge in [0.05, 0.1) is 5.69 Å². The topological polar surface area (TPSA) is 24.9 Å². The molecule has 1 aliphatic carbocycles. The van der Waals surface area contributed by atoms with Gasteiger partial charge >= 0.3 is 0 Å². The minimum absolute atomic E-state index is 0.117. The van der Waals surface area contributed by atoms with Crippen molar-refractivity contribution < 1.29 is 8.78 Å². The highest BCUT2D eigenvalue weighted by Gasteiger charge is 2.33. The highest BCUT2D eigenvalue weighted by atomic mass is 19.3. The monoisotopic (exact) mass is 526 g/mol. The molecule has 1 saturated carbocycles. The SMILES string of the molecule is C=C(/C=C\C(=C/C(C)CC)c1cnc(/C=C\C(C)C)c(C)c1)C(=CCC)NC.CCC1CCC(F)(F)CC1. The molecule has 1 fully saturated rings. The minimum atomic E-state index is -2.34. The lowest BCUT2D eigenvalue weighted by Gasteiger charge is -2.27. The highest BCUT2D eigenvalue weighted by Crippen LogP contribution is 2.37. The van der Waals surface area contributed by atoms with Crippen molar-refractivity contribution >= 4 is 11.6 Å². The summed E-state index contributed by atoms with van der Waals surface area (Å²) in [6.07, 6.45) is 19.9. The minimum Gasteiger partial charge on any atom is -0.388 e. The normalized spacial score (nSPS) is 17.6. The molecule has 0 saturated heterocycles. The lowest BCUT2D eigenvalue weighted by Crippen LogP contribution is -2.24. The van der Waals surface area contributed by atoms with E-state index in [2.05, 4.69) is 103 Å². The molecule has 1 aliphatic rings. The Labute approximate surface area is 232 Å².